The molecule has 0 aliphatic carbocycles. The van der Waals surface area contributed by atoms with Gasteiger partial charge in [0.25, 0.3) is 0 Å². The van der Waals surface area contributed by atoms with Crippen molar-refractivity contribution in [2.45, 2.75) is 0 Å². The summed E-state index contributed by atoms with van der Waals surface area (Å²) in [6.45, 7) is 0. The summed E-state index contributed by atoms with van der Waals surface area (Å²) in [5, 5.41) is 2.38. The predicted molar refractivity (Wildman–Crippen MR) is 87.3 cm³/mol. The summed E-state index contributed by atoms with van der Waals surface area (Å²) < 4.78 is 41.9. The van der Waals surface area contributed by atoms with E-state index in [0.717, 1.165) is 12.1 Å². The van der Waals surface area contributed by atoms with Crippen LogP contribution in [0, 0.1) is 17.5 Å². The molecular weight excluding hydrogens is 433 g/mol. The second-order valence-corrected chi connectivity index (χ2v) is 6.17. The van der Waals surface area contributed by atoms with Gasteiger partial charge in [-0.2, -0.15) is 0 Å². The summed E-state index contributed by atoms with van der Waals surface area (Å²) in [4.78, 5) is 0.00771. The molecule has 0 aliphatic heterocycles. The number of rotatable bonds is 3. The first-order chi connectivity index (χ1) is 9.81. The van der Waals surface area contributed by atoms with E-state index in [1.165, 1.54) is 12.1 Å². The lowest BCUT2D eigenvalue weighted by molar-refractivity contribution is 0.587. The Kier molecular flexibility index (Phi) is 4.90. The van der Waals surface area contributed by atoms with E-state index in [1.54, 1.807) is 0 Å². The zero-order valence-electron chi connectivity index (χ0n) is 10.2. The number of hydrogen-bond donors (Lipinski definition) is 2. The molecule has 0 aliphatic rings. The van der Waals surface area contributed by atoms with Crippen molar-refractivity contribution in [3.05, 3.63) is 56.2 Å². The van der Waals surface area contributed by atoms with E-state index in [2.05, 4.69) is 37.2 Å². The SMILES string of the molecule is NC(=S)c1ccc(Nc2c(F)cc(Br)cc2F)c(F)c1Br. The zero-order valence-corrected chi connectivity index (χ0v) is 14.2. The highest BCUT2D eigenvalue weighted by atomic mass is 79.9. The number of hydrogen-bond acceptors (Lipinski definition) is 2. The quantitative estimate of drug-likeness (QED) is 0.660. The van der Waals surface area contributed by atoms with Crippen molar-refractivity contribution in [3.8, 4) is 0 Å². The Morgan fingerprint density at radius 3 is 2.19 bits per heavy atom. The van der Waals surface area contributed by atoms with Crippen molar-refractivity contribution in [2.24, 2.45) is 5.73 Å². The minimum atomic E-state index is -0.851. The number of benzene rings is 2. The maximum Gasteiger partial charge on any atom is 0.161 e. The standard InChI is InChI=1S/C13H7Br2F3N2S/c14-5-3-7(16)12(8(17)4-5)20-9-2-1-6(13(19)21)10(15)11(9)18/h1-4,20H,(H2,19,21). The largest absolute Gasteiger partial charge is 0.389 e. The Balaban J connectivity index is 2.46. The number of thiocarbonyl (C=S) groups is 1. The van der Waals surface area contributed by atoms with Crippen LogP contribution < -0.4 is 11.1 Å². The van der Waals surface area contributed by atoms with Crippen molar-refractivity contribution < 1.29 is 13.2 Å². The van der Waals surface area contributed by atoms with Crippen LogP contribution in [0.3, 0.4) is 0 Å². The van der Waals surface area contributed by atoms with Gasteiger partial charge in [-0.1, -0.05) is 28.1 Å². The predicted octanol–water partition coefficient (Wildman–Crippen LogP) is 5.01. The Bertz CT molecular complexity index is 715. The molecule has 0 fully saturated rings. The molecule has 2 aromatic carbocycles. The lowest BCUT2D eigenvalue weighted by atomic mass is 10.2. The van der Waals surface area contributed by atoms with Crippen molar-refractivity contribution >= 4 is 60.4 Å². The Morgan fingerprint density at radius 1 is 1.10 bits per heavy atom. The molecule has 0 heterocycles. The van der Waals surface area contributed by atoms with E-state index < -0.39 is 23.1 Å². The molecule has 0 spiro atoms. The fraction of sp³-hybridized carbons (Fsp3) is 0. The molecule has 0 atom stereocenters. The van der Waals surface area contributed by atoms with Gasteiger partial charge in [-0.05, 0) is 40.2 Å². The van der Waals surface area contributed by atoms with E-state index in [4.69, 9.17) is 18.0 Å². The molecule has 0 radical (unpaired) electrons. The second kappa shape index (κ2) is 6.33. The van der Waals surface area contributed by atoms with Crippen LogP contribution in [0.4, 0.5) is 24.5 Å². The zero-order chi connectivity index (χ0) is 15.7. The van der Waals surface area contributed by atoms with E-state index in [9.17, 15) is 13.2 Å². The third-order valence-corrected chi connectivity index (χ3v) is 4.07. The molecule has 0 saturated carbocycles. The first kappa shape index (κ1) is 16.3. The smallest absolute Gasteiger partial charge is 0.161 e. The number of anilines is 2. The fourth-order valence-electron chi connectivity index (χ4n) is 1.63. The first-order valence-corrected chi connectivity index (χ1v) is 7.50. The van der Waals surface area contributed by atoms with Gasteiger partial charge in [0.1, 0.15) is 10.7 Å². The molecule has 21 heavy (non-hydrogen) atoms. The summed E-state index contributed by atoms with van der Waals surface area (Å²) in [5.41, 5.74) is 5.18. The first-order valence-electron chi connectivity index (χ1n) is 5.50. The van der Waals surface area contributed by atoms with Crippen LogP contribution in [0.5, 0.6) is 0 Å². The third kappa shape index (κ3) is 3.38. The molecular formula is C13H7Br2F3N2S. The van der Waals surface area contributed by atoms with Crippen LogP contribution in [0.15, 0.2) is 33.2 Å². The van der Waals surface area contributed by atoms with Gasteiger partial charge in [0.15, 0.2) is 17.5 Å². The van der Waals surface area contributed by atoms with Crippen LogP contribution >= 0.6 is 44.1 Å². The van der Waals surface area contributed by atoms with Crippen LogP contribution in [-0.4, -0.2) is 4.99 Å². The van der Waals surface area contributed by atoms with Gasteiger partial charge in [0.05, 0.1) is 10.2 Å². The molecule has 0 saturated heterocycles. The molecule has 0 aromatic heterocycles. The molecule has 2 aromatic rings. The van der Waals surface area contributed by atoms with Crippen LogP contribution in [0.1, 0.15) is 5.56 Å². The average molecular weight is 440 g/mol. The van der Waals surface area contributed by atoms with E-state index in [-0.39, 0.29) is 19.6 Å². The monoisotopic (exact) mass is 438 g/mol. The van der Waals surface area contributed by atoms with Crippen LogP contribution in [-0.2, 0) is 0 Å². The summed E-state index contributed by atoms with van der Waals surface area (Å²) >= 11 is 10.8. The minimum Gasteiger partial charge on any atom is -0.389 e. The summed E-state index contributed by atoms with van der Waals surface area (Å²) in [5.74, 6) is -2.45. The number of halogens is 5. The Morgan fingerprint density at radius 2 is 1.67 bits per heavy atom. The molecule has 0 bridgehead atoms. The van der Waals surface area contributed by atoms with Gasteiger partial charge in [-0.25, -0.2) is 13.2 Å². The van der Waals surface area contributed by atoms with E-state index in [0.29, 0.717) is 5.56 Å². The van der Waals surface area contributed by atoms with Crippen LogP contribution in [0.25, 0.3) is 0 Å². The lowest BCUT2D eigenvalue weighted by Gasteiger charge is -2.12. The van der Waals surface area contributed by atoms with Crippen molar-refractivity contribution in [1.29, 1.82) is 0 Å². The van der Waals surface area contributed by atoms with Crippen molar-refractivity contribution in [2.75, 3.05) is 5.32 Å². The van der Waals surface area contributed by atoms with Gasteiger partial charge in [-0.15, -0.1) is 0 Å². The molecule has 2 rings (SSSR count). The highest BCUT2D eigenvalue weighted by Crippen LogP contribution is 2.32. The number of nitrogens with two attached hydrogens (primary N) is 1. The summed E-state index contributed by atoms with van der Waals surface area (Å²) in [6, 6.07) is 4.89. The van der Waals surface area contributed by atoms with Crippen molar-refractivity contribution in [3.63, 3.8) is 0 Å². The van der Waals surface area contributed by atoms with Gasteiger partial charge in [0.2, 0.25) is 0 Å². The van der Waals surface area contributed by atoms with Crippen molar-refractivity contribution in [1.82, 2.24) is 0 Å². The Labute approximate surface area is 140 Å². The van der Waals surface area contributed by atoms with Gasteiger partial charge < -0.3 is 11.1 Å². The van der Waals surface area contributed by atoms with Gasteiger partial charge in [-0.3, -0.25) is 0 Å². The Hall–Kier alpha value is -1.12. The normalized spacial score (nSPS) is 10.5. The maximum atomic E-state index is 14.2. The molecule has 8 heteroatoms. The van der Waals surface area contributed by atoms with Crippen LogP contribution in [0.2, 0.25) is 0 Å². The molecule has 2 nitrogen and oxygen atoms in total. The lowest BCUT2D eigenvalue weighted by Crippen LogP contribution is -2.11. The molecule has 0 unspecified atom stereocenters. The molecule has 3 N–H and O–H groups in total. The maximum absolute atomic E-state index is 14.2. The molecule has 0 amide bonds. The summed E-state index contributed by atoms with van der Waals surface area (Å²) in [6.07, 6.45) is 0. The highest BCUT2D eigenvalue weighted by molar-refractivity contribution is 9.10. The van der Waals surface area contributed by atoms with Gasteiger partial charge in [0, 0.05) is 10.0 Å². The molecule has 110 valence electrons. The average Bonchev–Trinajstić information content (AvgIpc) is 2.38. The van der Waals surface area contributed by atoms with E-state index in [1.807, 2.05) is 0 Å². The highest BCUT2D eigenvalue weighted by Gasteiger charge is 2.16. The minimum absolute atomic E-state index is 0.00771. The fourth-order valence-corrected chi connectivity index (χ4v) is 2.90. The van der Waals surface area contributed by atoms with E-state index >= 15 is 0 Å². The summed E-state index contributed by atoms with van der Waals surface area (Å²) in [7, 11) is 0. The van der Waals surface area contributed by atoms with Gasteiger partial charge >= 0.3 is 0 Å². The third-order valence-electron chi connectivity index (χ3n) is 2.61. The topological polar surface area (TPSA) is 38.0 Å². The number of nitrogens with one attached hydrogen (secondary N) is 1. The second-order valence-electron chi connectivity index (χ2n) is 4.02.